The molecule has 1 aliphatic rings. The van der Waals surface area contributed by atoms with E-state index in [1.807, 2.05) is 30.3 Å². The fourth-order valence-corrected chi connectivity index (χ4v) is 4.17. The normalized spacial score (nSPS) is 13.8. The molecule has 0 amide bonds. The van der Waals surface area contributed by atoms with E-state index in [1.54, 1.807) is 11.8 Å². The second-order valence-electron chi connectivity index (χ2n) is 7.86. The quantitative estimate of drug-likeness (QED) is 0.364. The summed E-state index contributed by atoms with van der Waals surface area (Å²) < 4.78 is 7.65. The van der Waals surface area contributed by atoms with Gasteiger partial charge in [0.25, 0.3) is 0 Å². The van der Waals surface area contributed by atoms with Gasteiger partial charge in [-0.25, -0.2) is 0 Å². The van der Waals surface area contributed by atoms with Crippen molar-refractivity contribution in [1.82, 2.24) is 24.9 Å². The molecule has 0 N–H and O–H groups in total. The number of nitrogens with zero attached hydrogens (tertiary/aromatic N) is 5. The third kappa shape index (κ3) is 3.89. The Balaban J connectivity index is 1.34. The average Bonchev–Trinajstić information content (AvgIpc) is 3.36. The maximum atomic E-state index is 5.49. The molecule has 1 fully saturated rings. The van der Waals surface area contributed by atoms with E-state index < -0.39 is 0 Å². The molecule has 0 aliphatic heterocycles. The third-order valence-electron chi connectivity index (χ3n) is 5.24. The first-order valence-electron chi connectivity index (χ1n) is 10.3. The van der Waals surface area contributed by atoms with Gasteiger partial charge in [0.05, 0.1) is 5.75 Å². The molecule has 0 unspecified atom stereocenters. The molecule has 1 aliphatic carbocycles. The van der Waals surface area contributed by atoms with Gasteiger partial charge in [-0.05, 0) is 36.5 Å². The first-order chi connectivity index (χ1) is 14.7. The van der Waals surface area contributed by atoms with Crippen LogP contribution in [0.1, 0.15) is 55.8 Å². The number of para-hydroxylation sites is 1. The van der Waals surface area contributed by atoms with Gasteiger partial charge >= 0.3 is 0 Å². The lowest BCUT2D eigenvalue weighted by Crippen LogP contribution is -2.01. The average molecular weight is 418 g/mol. The molecular formula is C23H23N5OS. The van der Waals surface area contributed by atoms with Gasteiger partial charge in [0, 0.05) is 17.2 Å². The minimum atomic E-state index is 0.499. The maximum Gasteiger partial charge on any atom is 0.237 e. The first-order valence-corrected chi connectivity index (χ1v) is 11.2. The molecule has 7 heteroatoms. The fraction of sp³-hybridized carbons (Fsp3) is 0.304. The van der Waals surface area contributed by atoms with Crippen molar-refractivity contribution >= 4 is 11.8 Å². The summed E-state index contributed by atoms with van der Waals surface area (Å²) in [6.45, 7) is 4.36. The van der Waals surface area contributed by atoms with Crippen LogP contribution in [0.3, 0.4) is 0 Å². The Morgan fingerprint density at radius 3 is 2.50 bits per heavy atom. The lowest BCUT2D eigenvalue weighted by atomic mass is 10.0. The van der Waals surface area contributed by atoms with Gasteiger partial charge in [0.2, 0.25) is 11.7 Å². The monoisotopic (exact) mass is 417 g/mol. The van der Waals surface area contributed by atoms with Gasteiger partial charge in [-0.3, -0.25) is 4.57 Å². The van der Waals surface area contributed by atoms with Crippen molar-refractivity contribution in [2.75, 3.05) is 0 Å². The zero-order chi connectivity index (χ0) is 20.5. The SMILES string of the molecule is CC(C)c1ccc(-c2noc(CSc3nnc(C4CC4)n3-c3ccccc3)n2)cc1. The Labute approximate surface area is 179 Å². The molecule has 1 saturated carbocycles. The number of rotatable bonds is 7. The van der Waals surface area contributed by atoms with E-state index in [0.29, 0.717) is 29.3 Å². The van der Waals surface area contributed by atoms with E-state index in [-0.39, 0.29) is 0 Å². The smallest absolute Gasteiger partial charge is 0.237 e. The highest BCUT2D eigenvalue weighted by Gasteiger charge is 2.31. The molecule has 2 aromatic heterocycles. The lowest BCUT2D eigenvalue weighted by molar-refractivity contribution is 0.391. The van der Waals surface area contributed by atoms with Crippen molar-refractivity contribution in [2.24, 2.45) is 0 Å². The summed E-state index contributed by atoms with van der Waals surface area (Å²) in [5.74, 6) is 3.80. The highest BCUT2D eigenvalue weighted by atomic mass is 32.2. The summed E-state index contributed by atoms with van der Waals surface area (Å²) >= 11 is 1.57. The van der Waals surface area contributed by atoms with Crippen LogP contribution in [0.5, 0.6) is 0 Å². The number of thioether (sulfide) groups is 1. The Bertz CT molecular complexity index is 1130. The van der Waals surface area contributed by atoms with E-state index in [2.05, 4.69) is 63.0 Å². The maximum absolute atomic E-state index is 5.49. The third-order valence-corrected chi connectivity index (χ3v) is 6.16. The zero-order valence-electron chi connectivity index (χ0n) is 17.0. The van der Waals surface area contributed by atoms with E-state index >= 15 is 0 Å². The summed E-state index contributed by atoms with van der Waals surface area (Å²) in [5, 5.41) is 13.9. The van der Waals surface area contributed by atoms with Crippen molar-refractivity contribution < 1.29 is 4.52 Å². The molecule has 30 heavy (non-hydrogen) atoms. The Morgan fingerprint density at radius 2 is 1.80 bits per heavy atom. The molecule has 2 heterocycles. The van der Waals surface area contributed by atoms with Gasteiger partial charge in [-0.15, -0.1) is 10.2 Å². The second kappa shape index (κ2) is 8.07. The second-order valence-corrected chi connectivity index (χ2v) is 8.81. The van der Waals surface area contributed by atoms with Crippen LogP contribution in [-0.4, -0.2) is 24.9 Å². The van der Waals surface area contributed by atoms with Gasteiger partial charge in [0.1, 0.15) is 5.82 Å². The van der Waals surface area contributed by atoms with Gasteiger partial charge in [-0.1, -0.05) is 73.2 Å². The minimum Gasteiger partial charge on any atom is -0.338 e. The molecule has 4 aromatic rings. The van der Waals surface area contributed by atoms with Crippen LogP contribution in [0.4, 0.5) is 0 Å². The van der Waals surface area contributed by atoms with Crippen LogP contribution in [0, 0.1) is 0 Å². The van der Waals surface area contributed by atoms with Crippen LogP contribution in [-0.2, 0) is 5.75 Å². The predicted molar refractivity (Wildman–Crippen MR) is 117 cm³/mol. The van der Waals surface area contributed by atoms with E-state index in [0.717, 1.165) is 22.2 Å². The van der Waals surface area contributed by atoms with Crippen LogP contribution >= 0.6 is 11.8 Å². The van der Waals surface area contributed by atoms with Gasteiger partial charge in [-0.2, -0.15) is 4.98 Å². The highest BCUT2D eigenvalue weighted by molar-refractivity contribution is 7.98. The Kier molecular flexibility index (Phi) is 5.12. The van der Waals surface area contributed by atoms with Gasteiger partial charge in [0.15, 0.2) is 5.16 Å². The van der Waals surface area contributed by atoms with E-state index in [1.165, 1.54) is 18.4 Å². The van der Waals surface area contributed by atoms with E-state index in [9.17, 15) is 0 Å². The Morgan fingerprint density at radius 1 is 1.03 bits per heavy atom. The molecule has 5 rings (SSSR count). The summed E-state index contributed by atoms with van der Waals surface area (Å²) in [6, 6.07) is 18.6. The summed E-state index contributed by atoms with van der Waals surface area (Å²) in [4.78, 5) is 4.57. The van der Waals surface area contributed by atoms with Crippen LogP contribution in [0.15, 0.2) is 64.3 Å². The van der Waals surface area contributed by atoms with Crippen molar-refractivity contribution in [1.29, 1.82) is 0 Å². The molecule has 2 aromatic carbocycles. The van der Waals surface area contributed by atoms with Crippen LogP contribution in [0.25, 0.3) is 17.1 Å². The minimum absolute atomic E-state index is 0.499. The standard InChI is InChI=1S/C23H23N5OS/c1-15(2)16-8-10-17(11-9-16)21-24-20(29-27-21)14-30-23-26-25-22(18-12-13-18)28(23)19-6-4-3-5-7-19/h3-11,15,18H,12-14H2,1-2H3. The fourth-order valence-electron chi connectivity index (χ4n) is 3.37. The topological polar surface area (TPSA) is 69.6 Å². The predicted octanol–water partition coefficient (Wildman–Crippen LogP) is 5.61. The molecular weight excluding hydrogens is 394 g/mol. The molecule has 0 bridgehead atoms. The van der Waals surface area contributed by atoms with Crippen LogP contribution < -0.4 is 0 Å². The summed E-state index contributed by atoms with van der Waals surface area (Å²) in [7, 11) is 0. The number of hydrogen-bond donors (Lipinski definition) is 0. The van der Waals surface area contributed by atoms with Crippen molar-refractivity contribution in [3.63, 3.8) is 0 Å². The van der Waals surface area contributed by atoms with Crippen molar-refractivity contribution in [3.8, 4) is 17.1 Å². The number of aromatic nitrogens is 5. The van der Waals surface area contributed by atoms with Crippen LogP contribution in [0.2, 0.25) is 0 Å². The van der Waals surface area contributed by atoms with Crippen molar-refractivity contribution in [2.45, 2.75) is 49.4 Å². The van der Waals surface area contributed by atoms with E-state index in [4.69, 9.17) is 4.52 Å². The Hall–Kier alpha value is -2.93. The molecule has 0 atom stereocenters. The molecule has 6 nitrogen and oxygen atoms in total. The zero-order valence-corrected chi connectivity index (χ0v) is 17.8. The molecule has 152 valence electrons. The largest absolute Gasteiger partial charge is 0.338 e. The summed E-state index contributed by atoms with van der Waals surface area (Å²) in [5.41, 5.74) is 3.34. The van der Waals surface area contributed by atoms with Gasteiger partial charge < -0.3 is 4.52 Å². The summed E-state index contributed by atoms with van der Waals surface area (Å²) in [6.07, 6.45) is 2.36. The molecule has 0 spiro atoms. The highest BCUT2D eigenvalue weighted by Crippen LogP contribution is 2.41. The molecule has 0 radical (unpaired) electrons. The number of benzene rings is 2. The van der Waals surface area contributed by atoms with Crippen molar-refractivity contribution in [3.05, 3.63) is 71.9 Å². The molecule has 0 saturated heterocycles. The lowest BCUT2D eigenvalue weighted by Gasteiger charge is -2.08. The number of hydrogen-bond acceptors (Lipinski definition) is 6. The first kappa shape index (κ1) is 19.1.